The van der Waals surface area contributed by atoms with Crippen molar-refractivity contribution in [3.8, 4) is 0 Å². The smallest absolute Gasteiger partial charge is 0.337 e. The molecule has 0 unspecified atom stereocenters. The number of carboxylic acid groups (broad SMARTS) is 1. The van der Waals surface area contributed by atoms with Crippen LogP contribution in [-0.4, -0.2) is 34.7 Å². The lowest BCUT2D eigenvalue weighted by Crippen LogP contribution is -2.40. The van der Waals surface area contributed by atoms with E-state index in [0.29, 0.717) is 0 Å². The molecule has 5 nitrogen and oxygen atoms in total. The van der Waals surface area contributed by atoms with Gasteiger partial charge in [-0.25, -0.2) is 9.59 Å². The molecule has 1 saturated heterocycles. The highest BCUT2D eigenvalue weighted by molar-refractivity contribution is 7.99. The second-order valence-corrected chi connectivity index (χ2v) is 6.67. The zero-order chi connectivity index (χ0) is 15.4. The van der Waals surface area contributed by atoms with E-state index in [1.54, 1.807) is 0 Å². The minimum atomic E-state index is -1.20. The topological polar surface area (TPSA) is 78.4 Å². The zero-order valence-corrected chi connectivity index (χ0v) is 13.3. The molecule has 1 heterocycles. The number of thioether (sulfide) groups is 1. The van der Waals surface area contributed by atoms with Crippen molar-refractivity contribution < 1.29 is 14.7 Å². The standard InChI is InChI=1S/C13H14Cl2N2O3S/c14-7-5-9(12(18)19)11(10(15)6-7)17-13(20)16-8-1-3-21-4-2-8/h5-6,8H,1-4H2,(H,18,19)(H2,16,17,20). The lowest BCUT2D eigenvalue weighted by atomic mass is 10.1. The van der Waals surface area contributed by atoms with Crippen molar-refractivity contribution in [2.45, 2.75) is 18.9 Å². The monoisotopic (exact) mass is 348 g/mol. The Balaban J connectivity index is 2.11. The number of urea groups is 1. The average Bonchev–Trinajstić information content (AvgIpc) is 2.42. The predicted octanol–water partition coefficient (Wildman–Crippen LogP) is 3.71. The third-order valence-corrected chi connectivity index (χ3v) is 4.65. The summed E-state index contributed by atoms with van der Waals surface area (Å²) < 4.78 is 0. The Morgan fingerprint density at radius 3 is 2.52 bits per heavy atom. The van der Waals surface area contributed by atoms with Gasteiger partial charge in [0.05, 0.1) is 16.3 Å². The molecule has 0 saturated carbocycles. The highest BCUT2D eigenvalue weighted by atomic mass is 35.5. The van der Waals surface area contributed by atoms with Gasteiger partial charge in [-0.05, 0) is 36.5 Å². The van der Waals surface area contributed by atoms with Crippen molar-refractivity contribution in [3.05, 3.63) is 27.7 Å². The lowest BCUT2D eigenvalue weighted by Gasteiger charge is -2.23. The van der Waals surface area contributed by atoms with Crippen LogP contribution in [0.2, 0.25) is 10.0 Å². The summed E-state index contributed by atoms with van der Waals surface area (Å²) in [7, 11) is 0. The fourth-order valence-electron chi connectivity index (χ4n) is 2.05. The van der Waals surface area contributed by atoms with Gasteiger partial charge in [0.15, 0.2) is 0 Å². The molecule has 2 rings (SSSR count). The van der Waals surface area contributed by atoms with Gasteiger partial charge in [-0.2, -0.15) is 11.8 Å². The summed E-state index contributed by atoms with van der Waals surface area (Å²) in [4.78, 5) is 23.2. The van der Waals surface area contributed by atoms with Gasteiger partial charge >= 0.3 is 12.0 Å². The Kier molecular flexibility index (Phi) is 5.61. The summed E-state index contributed by atoms with van der Waals surface area (Å²) in [6, 6.07) is 2.29. The van der Waals surface area contributed by atoms with Crippen molar-refractivity contribution >= 4 is 52.7 Å². The quantitative estimate of drug-likeness (QED) is 0.777. The van der Waals surface area contributed by atoms with Crippen LogP contribution < -0.4 is 10.6 Å². The van der Waals surface area contributed by atoms with E-state index < -0.39 is 12.0 Å². The largest absolute Gasteiger partial charge is 0.478 e. The van der Waals surface area contributed by atoms with E-state index in [2.05, 4.69) is 10.6 Å². The van der Waals surface area contributed by atoms with Gasteiger partial charge in [0.2, 0.25) is 0 Å². The number of hydrogen-bond donors (Lipinski definition) is 3. The van der Waals surface area contributed by atoms with Crippen LogP contribution in [-0.2, 0) is 0 Å². The Bertz CT molecular complexity index is 563. The van der Waals surface area contributed by atoms with Crippen molar-refractivity contribution in [2.24, 2.45) is 0 Å². The zero-order valence-electron chi connectivity index (χ0n) is 11.0. The Hall–Kier alpha value is -1.11. The molecule has 21 heavy (non-hydrogen) atoms. The van der Waals surface area contributed by atoms with E-state index in [9.17, 15) is 9.59 Å². The second-order valence-electron chi connectivity index (χ2n) is 4.60. The second kappa shape index (κ2) is 7.24. The van der Waals surface area contributed by atoms with Crippen molar-refractivity contribution in [3.63, 3.8) is 0 Å². The summed E-state index contributed by atoms with van der Waals surface area (Å²) in [5.41, 5.74) is -0.0851. The fourth-order valence-corrected chi connectivity index (χ4v) is 3.69. The Labute approximate surface area is 136 Å². The third kappa shape index (κ3) is 4.43. The number of nitrogens with one attached hydrogen (secondary N) is 2. The number of rotatable bonds is 3. The molecule has 0 spiro atoms. The summed E-state index contributed by atoms with van der Waals surface area (Å²) in [5, 5.41) is 14.8. The minimum Gasteiger partial charge on any atom is -0.478 e. The van der Waals surface area contributed by atoms with Crippen molar-refractivity contribution in [1.82, 2.24) is 5.32 Å². The lowest BCUT2D eigenvalue weighted by molar-refractivity contribution is 0.0698. The van der Waals surface area contributed by atoms with Crippen LogP contribution in [0.3, 0.4) is 0 Å². The molecular formula is C13H14Cl2N2O3S. The van der Waals surface area contributed by atoms with Gasteiger partial charge in [0, 0.05) is 11.1 Å². The van der Waals surface area contributed by atoms with Gasteiger partial charge in [0.1, 0.15) is 0 Å². The van der Waals surface area contributed by atoms with E-state index in [1.807, 2.05) is 11.8 Å². The molecule has 114 valence electrons. The highest BCUT2D eigenvalue weighted by Crippen LogP contribution is 2.30. The number of hydrogen-bond acceptors (Lipinski definition) is 3. The first-order chi connectivity index (χ1) is 9.97. The molecule has 1 aliphatic heterocycles. The first kappa shape index (κ1) is 16.3. The molecule has 0 aliphatic carbocycles. The van der Waals surface area contributed by atoms with Gasteiger partial charge in [-0.1, -0.05) is 23.2 Å². The van der Waals surface area contributed by atoms with E-state index in [1.165, 1.54) is 12.1 Å². The van der Waals surface area contributed by atoms with E-state index in [-0.39, 0.29) is 27.3 Å². The molecule has 0 bridgehead atoms. The first-order valence-corrected chi connectivity index (χ1v) is 8.26. The summed E-state index contributed by atoms with van der Waals surface area (Å²) >= 11 is 13.6. The molecule has 8 heteroatoms. The number of halogens is 2. The van der Waals surface area contributed by atoms with Gasteiger partial charge in [0.25, 0.3) is 0 Å². The van der Waals surface area contributed by atoms with Crippen LogP contribution in [0.25, 0.3) is 0 Å². The highest BCUT2D eigenvalue weighted by Gasteiger charge is 2.20. The molecule has 1 aliphatic rings. The van der Waals surface area contributed by atoms with Crippen molar-refractivity contribution in [2.75, 3.05) is 16.8 Å². The number of anilines is 1. The van der Waals surface area contributed by atoms with Crippen LogP contribution in [0.1, 0.15) is 23.2 Å². The molecule has 2 amide bonds. The van der Waals surface area contributed by atoms with E-state index in [0.717, 1.165) is 24.3 Å². The minimum absolute atomic E-state index is 0.0521. The first-order valence-electron chi connectivity index (χ1n) is 6.35. The number of amides is 2. The number of benzene rings is 1. The Morgan fingerprint density at radius 1 is 1.24 bits per heavy atom. The van der Waals surface area contributed by atoms with Crippen molar-refractivity contribution in [1.29, 1.82) is 0 Å². The van der Waals surface area contributed by atoms with Gasteiger partial charge in [-0.15, -0.1) is 0 Å². The van der Waals surface area contributed by atoms with Crippen LogP contribution in [0, 0.1) is 0 Å². The molecule has 1 aromatic rings. The molecule has 0 aromatic heterocycles. The Morgan fingerprint density at radius 2 is 1.90 bits per heavy atom. The van der Waals surface area contributed by atoms with Crippen LogP contribution >= 0.6 is 35.0 Å². The molecule has 1 fully saturated rings. The normalized spacial score (nSPS) is 15.5. The maximum atomic E-state index is 12.0. The van der Waals surface area contributed by atoms with Crippen LogP contribution in [0.4, 0.5) is 10.5 Å². The number of aromatic carboxylic acids is 1. The molecule has 0 atom stereocenters. The summed E-state index contributed by atoms with van der Waals surface area (Å²) in [6.07, 6.45) is 1.80. The van der Waals surface area contributed by atoms with Gasteiger partial charge < -0.3 is 15.7 Å². The predicted molar refractivity (Wildman–Crippen MR) is 85.9 cm³/mol. The third-order valence-electron chi connectivity index (χ3n) is 3.08. The number of carboxylic acids is 1. The molecular weight excluding hydrogens is 335 g/mol. The van der Waals surface area contributed by atoms with E-state index >= 15 is 0 Å². The maximum Gasteiger partial charge on any atom is 0.337 e. The maximum absolute atomic E-state index is 12.0. The number of carbonyl (C=O) groups excluding carboxylic acids is 1. The molecule has 0 radical (unpaired) electrons. The molecule has 1 aromatic carbocycles. The SMILES string of the molecule is O=C(Nc1c(Cl)cc(Cl)cc1C(=O)O)NC1CCSCC1. The average molecular weight is 349 g/mol. The fraction of sp³-hybridized carbons (Fsp3) is 0.385. The summed E-state index contributed by atoms with van der Waals surface area (Å²) in [5.74, 6) is 0.809. The van der Waals surface area contributed by atoms with Gasteiger partial charge in [-0.3, -0.25) is 0 Å². The summed E-state index contributed by atoms with van der Waals surface area (Å²) in [6.45, 7) is 0. The van der Waals surface area contributed by atoms with Crippen LogP contribution in [0.5, 0.6) is 0 Å². The molecule has 3 N–H and O–H groups in total. The van der Waals surface area contributed by atoms with Crippen LogP contribution in [0.15, 0.2) is 12.1 Å². The number of carbonyl (C=O) groups is 2. The van der Waals surface area contributed by atoms with E-state index in [4.69, 9.17) is 28.3 Å².